The van der Waals surface area contributed by atoms with E-state index >= 15 is 0 Å². The maximum Gasteiger partial charge on any atom is 0.226 e. The molecule has 4 heteroatoms. The van der Waals surface area contributed by atoms with Gasteiger partial charge in [-0.05, 0) is 29.2 Å². The number of carbonyl (C=O) groups is 1. The van der Waals surface area contributed by atoms with E-state index in [1.165, 1.54) is 0 Å². The summed E-state index contributed by atoms with van der Waals surface area (Å²) in [6, 6.07) is 14.4. The molecule has 3 nitrogen and oxygen atoms in total. The van der Waals surface area contributed by atoms with Crippen LogP contribution in [0.3, 0.4) is 0 Å². The van der Waals surface area contributed by atoms with Crippen LogP contribution in [-0.4, -0.2) is 10.9 Å². The molecule has 2 aromatic carbocycles. The minimum Gasteiger partial charge on any atom is -0.326 e. The summed E-state index contributed by atoms with van der Waals surface area (Å²) in [4.78, 5) is 16.8. The van der Waals surface area contributed by atoms with Gasteiger partial charge in [-0.15, -0.1) is 11.3 Å². The van der Waals surface area contributed by atoms with Gasteiger partial charge in [-0.2, -0.15) is 0 Å². The van der Waals surface area contributed by atoms with E-state index in [0.29, 0.717) is 0 Å². The van der Waals surface area contributed by atoms with Crippen LogP contribution in [0.25, 0.3) is 21.7 Å². The van der Waals surface area contributed by atoms with Gasteiger partial charge in [0.2, 0.25) is 5.91 Å². The van der Waals surface area contributed by atoms with Crippen LogP contribution < -0.4 is 5.32 Å². The van der Waals surface area contributed by atoms with Crippen LogP contribution in [0.5, 0.6) is 0 Å². The molecule has 0 atom stereocenters. The van der Waals surface area contributed by atoms with Crippen molar-refractivity contribution in [1.82, 2.24) is 4.98 Å². The van der Waals surface area contributed by atoms with Gasteiger partial charge >= 0.3 is 0 Å². The Morgan fingerprint density at radius 1 is 1.16 bits per heavy atom. The Hall–Kier alpha value is -2.46. The minimum absolute atomic E-state index is 0.0345. The van der Waals surface area contributed by atoms with Crippen molar-refractivity contribution in [3.63, 3.8) is 0 Å². The average Bonchev–Trinajstić information content (AvgIpc) is 3.16. The van der Waals surface area contributed by atoms with Crippen LogP contribution in [-0.2, 0) is 11.2 Å². The summed E-state index contributed by atoms with van der Waals surface area (Å²) >= 11 is 1.62. The molecule has 1 amide bonds. The lowest BCUT2D eigenvalue weighted by Gasteiger charge is -2.18. The smallest absolute Gasteiger partial charge is 0.226 e. The van der Waals surface area contributed by atoms with Crippen molar-refractivity contribution in [3.05, 3.63) is 59.6 Å². The Morgan fingerprint density at radius 3 is 2.52 bits per heavy atom. The predicted molar refractivity (Wildman–Crippen MR) is 106 cm³/mol. The number of thiazole rings is 1. The molecule has 1 heterocycles. The zero-order valence-corrected chi connectivity index (χ0v) is 15.6. The van der Waals surface area contributed by atoms with E-state index in [4.69, 9.17) is 0 Å². The summed E-state index contributed by atoms with van der Waals surface area (Å²) in [7, 11) is 0. The number of rotatable bonds is 5. The maximum atomic E-state index is 12.2. The number of hydrogen-bond acceptors (Lipinski definition) is 3. The number of benzene rings is 2. The second-order valence-electron chi connectivity index (χ2n) is 6.22. The molecular formula is C21H22N2OS. The standard InChI is InChI=1S/C21H22N2OS/c1-4-16-18(23-20(24)14(2)3)11-10-17(15-8-6-5-7-9-15)19(16)21-22-12-13-25-21/h5-14H,4H2,1-3H3,(H,23,24). The number of nitrogens with zero attached hydrogens (tertiary/aromatic N) is 1. The molecule has 0 aliphatic carbocycles. The molecule has 25 heavy (non-hydrogen) atoms. The van der Waals surface area contributed by atoms with E-state index in [0.717, 1.165) is 39.4 Å². The van der Waals surface area contributed by atoms with Crippen molar-refractivity contribution < 1.29 is 4.79 Å². The Bertz CT molecular complexity index is 855. The lowest BCUT2D eigenvalue weighted by Crippen LogP contribution is -2.19. The summed E-state index contributed by atoms with van der Waals surface area (Å²) in [6.07, 6.45) is 2.65. The number of anilines is 1. The molecule has 0 saturated carbocycles. The molecule has 0 radical (unpaired) electrons. The largest absolute Gasteiger partial charge is 0.326 e. The molecule has 0 saturated heterocycles. The van der Waals surface area contributed by atoms with Gasteiger partial charge < -0.3 is 5.32 Å². The summed E-state index contributed by atoms with van der Waals surface area (Å²) in [6.45, 7) is 5.92. The van der Waals surface area contributed by atoms with E-state index in [9.17, 15) is 4.79 Å². The van der Waals surface area contributed by atoms with Crippen LogP contribution in [0, 0.1) is 5.92 Å². The molecule has 128 valence electrons. The minimum atomic E-state index is -0.0539. The van der Waals surface area contributed by atoms with Crippen LogP contribution >= 0.6 is 11.3 Å². The fraction of sp³-hybridized carbons (Fsp3) is 0.238. The van der Waals surface area contributed by atoms with E-state index in [1.807, 2.05) is 49.7 Å². The molecule has 0 aliphatic heterocycles. The quantitative estimate of drug-likeness (QED) is 0.647. The first-order chi connectivity index (χ1) is 12.1. The number of amides is 1. The highest BCUT2D eigenvalue weighted by Crippen LogP contribution is 2.39. The Labute approximate surface area is 152 Å². The highest BCUT2D eigenvalue weighted by atomic mass is 32.1. The Balaban J connectivity index is 2.20. The summed E-state index contributed by atoms with van der Waals surface area (Å²) in [5.41, 5.74) is 5.43. The molecule has 1 N–H and O–H groups in total. The molecule has 1 aromatic heterocycles. The molecule has 0 bridgehead atoms. The molecule has 0 aliphatic rings. The lowest BCUT2D eigenvalue weighted by atomic mass is 9.93. The highest BCUT2D eigenvalue weighted by molar-refractivity contribution is 7.13. The number of aromatic nitrogens is 1. The highest BCUT2D eigenvalue weighted by Gasteiger charge is 2.19. The van der Waals surface area contributed by atoms with Crippen LogP contribution in [0.15, 0.2) is 54.0 Å². The fourth-order valence-electron chi connectivity index (χ4n) is 2.86. The van der Waals surface area contributed by atoms with Crippen LogP contribution in [0.1, 0.15) is 26.3 Å². The second kappa shape index (κ2) is 7.62. The van der Waals surface area contributed by atoms with Gasteiger partial charge in [-0.25, -0.2) is 4.98 Å². The third-order valence-corrected chi connectivity index (χ3v) is 4.97. The third kappa shape index (κ3) is 3.64. The lowest BCUT2D eigenvalue weighted by molar-refractivity contribution is -0.118. The summed E-state index contributed by atoms with van der Waals surface area (Å²) in [5, 5.41) is 6.05. The summed E-state index contributed by atoms with van der Waals surface area (Å²) in [5.74, 6) is -0.0194. The molecule has 0 fully saturated rings. The van der Waals surface area contributed by atoms with Crippen LogP contribution in [0.4, 0.5) is 5.69 Å². The fourth-order valence-corrected chi connectivity index (χ4v) is 3.58. The van der Waals surface area contributed by atoms with Crippen molar-refractivity contribution in [1.29, 1.82) is 0 Å². The predicted octanol–water partition coefficient (Wildman–Crippen LogP) is 5.63. The molecule has 0 unspecified atom stereocenters. The van der Waals surface area contributed by atoms with Gasteiger partial charge in [0.15, 0.2) is 0 Å². The molecule has 3 rings (SSSR count). The van der Waals surface area contributed by atoms with E-state index in [2.05, 4.69) is 35.4 Å². The Kier molecular flexibility index (Phi) is 5.29. The SMILES string of the molecule is CCc1c(NC(=O)C(C)C)ccc(-c2ccccc2)c1-c1nccs1. The van der Waals surface area contributed by atoms with Gasteiger partial charge in [0.05, 0.1) is 0 Å². The van der Waals surface area contributed by atoms with Crippen molar-refractivity contribution in [2.45, 2.75) is 27.2 Å². The number of nitrogens with one attached hydrogen (secondary N) is 1. The van der Waals surface area contributed by atoms with E-state index < -0.39 is 0 Å². The normalized spacial score (nSPS) is 10.9. The average molecular weight is 350 g/mol. The second-order valence-corrected chi connectivity index (χ2v) is 7.11. The van der Waals surface area contributed by atoms with Gasteiger partial charge in [0.1, 0.15) is 5.01 Å². The monoisotopic (exact) mass is 350 g/mol. The zero-order valence-electron chi connectivity index (χ0n) is 14.7. The maximum absolute atomic E-state index is 12.2. The van der Waals surface area contributed by atoms with Crippen LogP contribution in [0.2, 0.25) is 0 Å². The number of hydrogen-bond donors (Lipinski definition) is 1. The van der Waals surface area contributed by atoms with Crippen molar-refractivity contribution in [2.75, 3.05) is 5.32 Å². The number of carbonyl (C=O) groups excluding carboxylic acids is 1. The molecule has 0 spiro atoms. The van der Waals surface area contributed by atoms with Crippen molar-refractivity contribution in [2.24, 2.45) is 5.92 Å². The van der Waals surface area contributed by atoms with E-state index in [-0.39, 0.29) is 11.8 Å². The first-order valence-corrected chi connectivity index (χ1v) is 9.41. The third-order valence-electron chi connectivity index (χ3n) is 4.18. The Morgan fingerprint density at radius 2 is 1.92 bits per heavy atom. The van der Waals surface area contributed by atoms with Crippen molar-refractivity contribution >= 4 is 22.9 Å². The molecule has 3 aromatic rings. The molecular weight excluding hydrogens is 328 g/mol. The van der Waals surface area contributed by atoms with Gasteiger partial charge in [0.25, 0.3) is 0 Å². The van der Waals surface area contributed by atoms with Gasteiger partial charge in [0, 0.05) is 28.7 Å². The van der Waals surface area contributed by atoms with Crippen molar-refractivity contribution in [3.8, 4) is 21.7 Å². The van der Waals surface area contributed by atoms with Gasteiger partial charge in [-0.3, -0.25) is 4.79 Å². The summed E-state index contributed by atoms with van der Waals surface area (Å²) < 4.78 is 0. The first-order valence-electron chi connectivity index (χ1n) is 8.53. The van der Waals surface area contributed by atoms with Gasteiger partial charge in [-0.1, -0.05) is 57.2 Å². The topological polar surface area (TPSA) is 42.0 Å². The first kappa shape index (κ1) is 17.4. The van der Waals surface area contributed by atoms with E-state index in [1.54, 1.807) is 11.3 Å². The zero-order chi connectivity index (χ0) is 17.8.